The first-order valence-electron chi connectivity index (χ1n) is 9.90. The summed E-state index contributed by atoms with van der Waals surface area (Å²) in [6, 6.07) is 15.2. The zero-order valence-corrected chi connectivity index (χ0v) is 18.2. The summed E-state index contributed by atoms with van der Waals surface area (Å²) < 4.78 is 0. The van der Waals surface area contributed by atoms with E-state index in [0.717, 1.165) is 16.8 Å². The van der Waals surface area contributed by atoms with Crippen LogP contribution in [0, 0.1) is 0 Å². The van der Waals surface area contributed by atoms with Crippen LogP contribution in [0.4, 0.5) is 5.69 Å². The van der Waals surface area contributed by atoms with Crippen molar-refractivity contribution >= 4 is 23.2 Å². The zero-order valence-electron chi connectivity index (χ0n) is 18.2. The molecule has 154 valence electrons. The summed E-state index contributed by atoms with van der Waals surface area (Å²) in [7, 11) is 0. The molecule has 0 fully saturated rings. The van der Waals surface area contributed by atoms with Gasteiger partial charge >= 0.3 is 0 Å². The van der Waals surface area contributed by atoms with E-state index in [2.05, 4.69) is 50.5 Å². The van der Waals surface area contributed by atoms with Crippen molar-refractivity contribution in [2.75, 3.05) is 5.32 Å². The van der Waals surface area contributed by atoms with E-state index in [1.165, 1.54) is 0 Å². The van der Waals surface area contributed by atoms with Crippen molar-refractivity contribution in [2.24, 2.45) is 5.10 Å². The molecule has 0 spiro atoms. The van der Waals surface area contributed by atoms with Gasteiger partial charge in [0.15, 0.2) is 0 Å². The third kappa shape index (κ3) is 6.56. The van der Waals surface area contributed by atoms with E-state index >= 15 is 0 Å². The summed E-state index contributed by atoms with van der Waals surface area (Å²) >= 11 is 0. The lowest BCUT2D eigenvalue weighted by Gasteiger charge is -2.18. The second kappa shape index (κ2) is 9.50. The van der Waals surface area contributed by atoms with Crippen molar-refractivity contribution in [3.05, 3.63) is 65.2 Å². The Morgan fingerprint density at radius 1 is 1.00 bits per heavy atom. The van der Waals surface area contributed by atoms with Crippen LogP contribution in [-0.4, -0.2) is 17.5 Å². The van der Waals surface area contributed by atoms with Gasteiger partial charge < -0.3 is 5.32 Å². The number of hydrogen-bond acceptors (Lipinski definition) is 3. The van der Waals surface area contributed by atoms with E-state index < -0.39 is 0 Å². The number of para-hydroxylation sites is 1. The number of anilines is 1. The molecule has 0 radical (unpaired) electrons. The maximum atomic E-state index is 12.3. The van der Waals surface area contributed by atoms with Gasteiger partial charge in [-0.05, 0) is 47.6 Å². The number of hydrogen-bond donors (Lipinski definition) is 2. The van der Waals surface area contributed by atoms with E-state index in [-0.39, 0.29) is 23.7 Å². The molecule has 29 heavy (non-hydrogen) atoms. The minimum atomic E-state index is -0.296. The fourth-order valence-electron chi connectivity index (χ4n) is 2.91. The predicted octanol–water partition coefficient (Wildman–Crippen LogP) is 5.24. The highest BCUT2D eigenvalue weighted by Gasteiger charge is 2.14. The molecular formula is C24H31N3O2. The lowest BCUT2D eigenvalue weighted by molar-refractivity contribution is -0.115. The Hall–Kier alpha value is -2.95. The maximum Gasteiger partial charge on any atom is 0.271 e. The Labute approximate surface area is 173 Å². The molecule has 2 aromatic carbocycles. The summed E-state index contributed by atoms with van der Waals surface area (Å²) in [6.07, 6.45) is 0.107. The molecule has 2 rings (SSSR count). The number of carbonyl (C=O) groups excluding carboxylic acids is 2. The number of nitrogens with zero attached hydrogens (tertiary/aromatic N) is 1. The largest absolute Gasteiger partial charge is 0.325 e. The number of nitrogens with one attached hydrogen (secondary N) is 2. The fraction of sp³-hybridized carbons (Fsp3) is 0.375. The fourth-order valence-corrected chi connectivity index (χ4v) is 2.91. The van der Waals surface area contributed by atoms with Gasteiger partial charge in [-0.1, -0.05) is 65.0 Å². The van der Waals surface area contributed by atoms with Crippen molar-refractivity contribution in [1.82, 2.24) is 5.43 Å². The average molecular weight is 394 g/mol. The molecule has 2 N–H and O–H groups in total. The topological polar surface area (TPSA) is 70.6 Å². The van der Waals surface area contributed by atoms with Crippen LogP contribution in [0.1, 0.15) is 75.4 Å². The highest BCUT2D eigenvalue weighted by Crippen LogP contribution is 2.24. The Morgan fingerprint density at radius 3 is 2.21 bits per heavy atom. The van der Waals surface area contributed by atoms with Crippen molar-refractivity contribution in [2.45, 2.75) is 59.3 Å². The molecule has 0 atom stereocenters. The van der Waals surface area contributed by atoms with Crippen LogP contribution in [-0.2, 0) is 10.2 Å². The molecule has 0 bridgehead atoms. The van der Waals surface area contributed by atoms with Crippen LogP contribution >= 0.6 is 0 Å². The molecule has 0 aromatic heterocycles. The standard InChI is InChI=1S/C24H31N3O2/c1-16(2)20-9-7-8-10-21(20)25-22(28)15-17(3)26-27-23(29)18-11-13-19(14-12-18)24(4,5)6/h7-14,16H,15H2,1-6H3,(H,25,28)(H,27,29)/b26-17-. The molecule has 2 aromatic rings. The third-order valence-corrected chi connectivity index (χ3v) is 4.63. The minimum Gasteiger partial charge on any atom is -0.325 e. The monoisotopic (exact) mass is 393 g/mol. The number of amides is 2. The third-order valence-electron chi connectivity index (χ3n) is 4.63. The summed E-state index contributed by atoms with van der Waals surface area (Å²) in [5, 5.41) is 7.00. The van der Waals surface area contributed by atoms with E-state index in [1.807, 2.05) is 36.4 Å². The highest BCUT2D eigenvalue weighted by molar-refractivity contribution is 6.06. The van der Waals surface area contributed by atoms with Crippen LogP contribution in [0.2, 0.25) is 0 Å². The molecule has 0 aliphatic rings. The summed E-state index contributed by atoms with van der Waals surface area (Å²) in [5.41, 5.74) is 6.68. The number of hydrazone groups is 1. The van der Waals surface area contributed by atoms with E-state index in [9.17, 15) is 9.59 Å². The normalized spacial score (nSPS) is 12.0. The Kier molecular flexibility index (Phi) is 7.32. The Balaban J connectivity index is 1.94. The van der Waals surface area contributed by atoms with Gasteiger partial charge in [-0.3, -0.25) is 9.59 Å². The first kappa shape index (κ1) is 22.3. The molecule has 5 nitrogen and oxygen atoms in total. The Bertz CT molecular complexity index is 891. The number of carbonyl (C=O) groups is 2. The zero-order chi connectivity index (χ0) is 21.6. The van der Waals surface area contributed by atoms with Crippen LogP contribution in [0.5, 0.6) is 0 Å². The molecule has 0 unspecified atom stereocenters. The van der Waals surface area contributed by atoms with Gasteiger partial charge in [0.25, 0.3) is 5.91 Å². The van der Waals surface area contributed by atoms with E-state index in [4.69, 9.17) is 0 Å². The van der Waals surface area contributed by atoms with Gasteiger partial charge in [-0.15, -0.1) is 0 Å². The van der Waals surface area contributed by atoms with Crippen LogP contribution in [0.25, 0.3) is 0 Å². The second-order valence-electron chi connectivity index (χ2n) is 8.58. The van der Waals surface area contributed by atoms with E-state index in [0.29, 0.717) is 17.2 Å². The predicted molar refractivity (Wildman–Crippen MR) is 119 cm³/mol. The van der Waals surface area contributed by atoms with Crippen molar-refractivity contribution in [3.63, 3.8) is 0 Å². The number of benzene rings is 2. The second-order valence-corrected chi connectivity index (χ2v) is 8.58. The summed E-state index contributed by atoms with van der Waals surface area (Å²) in [6.45, 7) is 12.3. The van der Waals surface area contributed by atoms with Crippen molar-refractivity contribution < 1.29 is 9.59 Å². The quantitative estimate of drug-likeness (QED) is 0.520. The number of rotatable bonds is 6. The summed E-state index contributed by atoms with van der Waals surface area (Å²) in [4.78, 5) is 24.6. The van der Waals surface area contributed by atoms with Crippen LogP contribution in [0.15, 0.2) is 53.6 Å². The Morgan fingerprint density at radius 2 is 1.62 bits per heavy atom. The molecule has 5 heteroatoms. The average Bonchev–Trinajstić information content (AvgIpc) is 2.65. The lowest BCUT2D eigenvalue weighted by Crippen LogP contribution is -2.22. The van der Waals surface area contributed by atoms with Gasteiger partial charge in [0.05, 0.1) is 6.42 Å². The molecule has 0 heterocycles. The van der Waals surface area contributed by atoms with Crippen LogP contribution < -0.4 is 10.7 Å². The van der Waals surface area contributed by atoms with Crippen LogP contribution in [0.3, 0.4) is 0 Å². The van der Waals surface area contributed by atoms with Gasteiger partial charge in [0.1, 0.15) is 0 Å². The molecule has 0 saturated carbocycles. The minimum absolute atomic E-state index is 0.0330. The molecule has 0 saturated heterocycles. The van der Waals surface area contributed by atoms with Gasteiger partial charge in [0.2, 0.25) is 5.91 Å². The first-order chi connectivity index (χ1) is 13.6. The molecular weight excluding hydrogens is 362 g/mol. The first-order valence-corrected chi connectivity index (χ1v) is 9.90. The molecule has 2 amide bonds. The highest BCUT2D eigenvalue weighted by atomic mass is 16.2. The maximum absolute atomic E-state index is 12.3. The van der Waals surface area contributed by atoms with Gasteiger partial charge in [-0.25, -0.2) is 5.43 Å². The lowest BCUT2D eigenvalue weighted by atomic mass is 9.87. The van der Waals surface area contributed by atoms with Gasteiger partial charge in [-0.2, -0.15) is 5.10 Å². The van der Waals surface area contributed by atoms with Crippen molar-refractivity contribution in [1.29, 1.82) is 0 Å². The smallest absolute Gasteiger partial charge is 0.271 e. The SMILES string of the molecule is C/C(CC(=O)Nc1ccccc1C(C)C)=N/NC(=O)c1ccc(C(C)(C)C)cc1. The van der Waals surface area contributed by atoms with E-state index in [1.54, 1.807) is 19.1 Å². The van der Waals surface area contributed by atoms with Crippen molar-refractivity contribution in [3.8, 4) is 0 Å². The van der Waals surface area contributed by atoms with Gasteiger partial charge in [0, 0.05) is 17.0 Å². The summed E-state index contributed by atoms with van der Waals surface area (Å²) in [5.74, 6) is -0.149. The molecule has 0 aliphatic carbocycles. The molecule has 0 aliphatic heterocycles.